The highest BCUT2D eigenvalue weighted by Crippen LogP contribution is 2.30. The minimum atomic E-state index is -0.271. The Kier molecular flexibility index (Phi) is 6.13. The number of rotatable bonds is 4. The van der Waals surface area contributed by atoms with Crippen molar-refractivity contribution in [3.63, 3.8) is 0 Å². The molecule has 2 N–H and O–H groups in total. The Hall–Kier alpha value is -0.770. The van der Waals surface area contributed by atoms with Gasteiger partial charge in [0, 0.05) is 11.1 Å². The molecule has 0 radical (unpaired) electrons. The zero-order chi connectivity index (χ0) is 16.3. The smallest absolute Gasteiger partial charge is 0.241 e. The Morgan fingerprint density at radius 1 is 1.27 bits per heavy atom. The normalized spacial score (nSPS) is 26.5. The van der Waals surface area contributed by atoms with Crippen LogP contribution in [0.25, 0.3) is 0 Å². The van der Waals surface area contributed by atoms with Gasteiger partial charge in [0.05, 0.1) is 16.8 Å². The van der Waals surface area contributed by atoms with Gasteiger partial charge in [-0.3, -0.25) is 4.79 Å². The van der Waals surface area contributed by atoms with E-state index >= 15 is 0 Å². The summed E-state index contributed by atoms with van der Waals surface area (Å²) in [5.74, 6) is 1.19. The third-order valence-electron chi connectivity index (χ3n) is 4.75. The number of benzene rings is 1. The first-order valence-electron chi connectivity index (χ1n) is 7.90. The summed E-state index contributed by atoms with van der Waals surface area (Å²) in [5, 5.41) is 7.35. The number of carbonyl (C=O) groups is 1. The quantitative estimate of drug-likeness (QED) is 0.829. The van der Waals surface area contributed by atoms with Gasteiger partial charge in [-0.1, -0.05) is 49.9 Å². The second kappa shape index (κ2) is 7.67. The van der Waals surface area contributed by atoms with Crippen molar-refractivity contribution in [3.05, 3.63) is 28.2 Å². The van der Waals surface area contributed by atoms with Gasteiger partial charge >= 0.3 is 0 Å². The number of anilines is 1. The molecular formula is C17H24Cl2N2O. The van der Waals surface area contributed by atoms with E-state index in [0.29, 0.717) is 33.6 Å². The highest BCUT2D eigenvalue weighted by molar-refractivity contribution is 6.35. The van der Waals surface area contributed by atoms with Crippen LogP contribution >= 0.6 is 23.2 Å². The Morgan fingerprint density at radius 3 is 2.73 bits per heavy atom. The van der Waals surface area contributed by atoms with Gasteiger partial charge in [0.2, 0.25) is 5.91 Å². The standard InChI is InChI=1S/C17H24Cl2N2O/c1-10-5-4-6-15(11(10)2)20-12(3)17(22)21-16-9-13(18)7-8-14(16)19/h7-12,15,20H,4-6H2,1-3H3,(H,21,22)/t10-,11-,12+,15+/m1/s1. The van der Waals surface area contributed by atoms with Crippen molar-refractivity contribution in [2.24, 2.45) is 11.8 Å². The molecule has 1 saturated carbocycles. The summed E-state index contributed by atoms with van der Waals surface area (Å²) in [6.45, 7) is 6.44. The maximum Gasteiger partial charge on any atom is 0.241 e. The van der Waals surface area contributed by atoms with Crippen molar-refractivity contribution in [3.8, 4) is 0 Å². The lowest BCUT2D eigenvalue weighted by Gasteiger charge is -2.36. The summed E-state index contributed by atoms with van der Waals surface area (Å²) in [6, 6.07) is 5.17. The van der Waals surface area contributed by atoms with Crippen LogP contribution in [0.15, 0.2) is 18.2 Å². The fourth-order valence-electron chi connectivity index (χ4n) is 3.05. The highest BCUT2D eigenvalue weighted by atomic mass is 35.5. The van der Waals surface area contributed by atoms with Crippen LogP contribution in [0.2, 0.25) is 10.0 Å². The van der Waals surface area contributed by atoms with E-state index in [4.69, 9.17) is 23.2 Å². The Morgan fingerprint density at radius 2 is 2.00 bits per heavy atom. The molecule has 0 aliphatic heterocycles. The molecule has 122 valence electrons. The first-order valence-corrected chi connectivity index (χ1v) is 8.66. The van der Waals surface area contributed by atoms with Crippen molar-refractivity contribution in [2.45, 2.75) is 52.1 Å². The van der Waals surface area contributed by atoms with Gasteiger partial charge < -0.3 is 10.6 Å². The van der Waals surface area contributed by atoms with Crippen molar-refractivity contribution in [2.75, 3.05) is 5.32 Å². The molecule has 1 aliphatic carbocycles. The molecule has 2 rings (SSSR count). The van der Waals surface area contributed by atoms with Crippen LogP contribution in [0, 0.1) is 11.8 Å². The van der Waals surface area contributed by atoms with Gasteiger partial charge in [-0.2, -0.15) is 0 Å². The predicted octanol–water partition coefficient (Wildman–Crippen LogP) is 4.73. The molecule has 0 spiro atoms. The van der Waals surface area contributed by atoms with Crippen LogP contribution in [-0.4, -0.2) is 18.0 Å². The molecule has 3 nitrogen and oxygen atoms in total. The molecule has 0 aromatic heterocycles. The van der Waals surface area contributed by atoms with E-state index in [1.807, 2.05) is 6.92 Å². The molecule has 0 saturated heterocycles. The first-order chi connectivity index (χ1) is 10.4. The average molecular weight is 343 g/mol. The van der Waals surface area contributed by atoms with E-state index in [1.54, 1.807) is 18.2 Å². The summed E-state index contributed by atoms with van der Waals surface area (Å²) < 4.78 is 0. The molecule has 4 atom stereocenters. The van der Waals surface area contributed by atoms with E-state index in [0.717, 1.165) is 6.42 Å². The van der Waals surface area contributed by atoms with E-state index in [9.17, 15) is 4.79 Å². The molecule has 1 amide bonds. The number of nitrogens with one attached hydrogen (secondary N) is 2. The average Bonchev–Trinajstić information content (AvgIpc) is 2.47. The topological polar surface area (TPSA) is 41.1 Å². The summed E-state index contributed by atoms with van der Waals surface area (Å²) in [7, 11) is 0. The van der Waals surface area contributed by atoms with Gasteiger partial charge in [-0.15, -0.1) is 0 Å². The number of hydrogen-bond donors (Lipinski definition) is 2. The Bertz CT molecular complexity index is 535. The van der Waals surface area contributed by atoms with Gasteiger partial charge in [0.15, 0.2) is 0 Å². The fraction of sp³-hybridized carbons (Fsp3) is 0.588. The van der Waals surface area contributed by atoms with Crippen LogP contribution in [0.5, 0.6) is 0 Å². The molecule has 0 unspecified atom stereocenters. The van der Waals surface area contributed by atoms with Crippen LogP contribution < -0.4 is 10.6 Å². The lowest BCUT2D eigenvalue weighted by molar-refractivity contribution is -0.118. The maximum absolute atomic E-state index is 12.4. The third-order valence-corrected chi connectivity index (χ3v) is 5.32. The largest absolute Gasteiger partial charge is 0.323 e. The lowest BCUT2D eigenvalue weighted by Crippen LogP contribution is -2.49. The van der Waals surface area contributed by atoms with E-state index < -0.39 is 0 Å². The fourth-order valence-corrected chi connectivity index (χ4v) is 3.39. The minimum Gasteiger partial charge on any atom is -0.323 e. The molecule has 1 aliphatic rings. The predicted molar refractivity (Wildman–Crippen MR) is 93.7 cm³/mol. The summed E-state index contributed by atoms with van der Waals surface area (Å²) >= 11 is 12.0. The zero-order valence-corrected chi connectivity index (χ0v) is 14.8. The van der Waals surface area contributed by atoms with Crippen LogP contribution in [-0.2, 0) is 4.79 Å². The van der Waals surface area contributed by atoms with E-state index in [-0.39, 0.29) is 11.9 Å². The van der Waals surface area contributed by atoms with Gasteiger partial charge in [0.1, 0.15) is 0 Å². The third kappa shape index (κ3) is 4.37. The van der Waals surface area contributed by atoms with Crippen molar-refractivity contribution >= 4 is 34.8 Å². The van der Waals surface area contributed by atoms with Crippen LogP contribution in [0.4, 0.5) is 5.69 Å². The van der Waals surface area contributed by atoms with Gasteiger partial charge in [-0.25, -0.2) is 0 Å². The maximum atomic E-state index is 12.4. The molecular weight excluding hydrogens is 319 g/mol. The second-order valence-electron chi connectivity index (χ2n) is 6.38. The minimum absolute atomic E-state index is 0.0883. The van der Waals surface area contributed by atoms with Crippen molar-refractivity contribution in [1.82, 2.24) is 5.32 Å². The monoisotopic (exact) mass is 342 g/mol. The molecule has 5 heteroatoms. The van der Waals surface area contributed by atoms with Crippen LogP contribution in [0.1, 0.15) is 40.0 Å². The SMILES string of the molecule is C[C@@H]1[C@H](C)CCC[C@@H]1N[C@@H](C)C(=O)Nc1cc(Cl)ccc1Cl. The number of hydrogen-bond acceptors (Lipinski definition) is 2. The van der Waals surface area contributed by atoms with E-state index in [2.05, 4.69) is 24.5 Å². The van der Waals surface area contributed by atoms with Gasteiger partial charge in [-0.05, 0) is 43.4 Å². The number of amides is 1. The summed E-state index contributed by atoms with van der Waals surface area (Å²) in [6.07, 6.45) is 3.62. The van der Waals surface area contributed by atoms with Crippen molar-refractivity contribution in [1.29, 1.82) is 0 Å². The van der Waals surface area contributed by atoms with Crippen LogP contribution in [0.3, 0.4) is 0 Å². The Balaban J connectivity index is 1.96. The molecule has 1 aromatic rings. The summed E-state index contributed by atoms with van der Waals surface area (Å²) in [4.78, 5) is 12.4. The highest BCUT2D eigenvalue weighted by Gasteiger charge is 2.29. The molecule has 1 fully saturated rings. The summed E-state index contributed by atoms with van der Waals surface area (Å²) in [5.41, 5.74) is 0.554. The molecule has 1 aromatic carbocycles. The van der Waals surface area contributed by atoms with E-state index in [1.165, 1.54) is 12.8 Å². The lowest BCUT2D eigenvalue weighted by atomic mass is 9.78. The Labute approximate surface area is 142 Å². The number of carbonyl (C=O) groups excluding carboxylic acids is 1. The second-order valence-corrected chi connectivity index (χ2v) is 7.22. The van der Waals surface area contributed by atoms with Gasteiger partial charge in [0.25, 0.3) is 0 Å². The zero-order valence-electron chi connectivity index (χ0n) is 13.3. The first kappa shape index (κ1) is 17.6. The van der Waals surface area contributed by atoms with Crippen molar-refractivity contribution < 1.29 is 4.79 Å². The number of halogens is 2. The molecule has 22 heavy (non-hydrogen) atoms. The molecule has 0 bridgehead atoms. The molecule has 0 heterocycles.